The minimum Gasteiger partial charge on any atom is -0.480 e. The number of nitrogens with one attached hydrogen (secondary N) is 1. The lowest BCUT2D eigenvalue weighted by Gasteiger charge is -2.24. The average molecular weight is 619 g/mol. The van der Waals surface area contributed by atoms with Crippen molar-refractivity contribution in [3.63, 3.8) is 0 Å². The summed E-state index contributed by atoms with van der Waals surface area (Å²) in [5.74, 6) is -1.83. The molecule has 0 aliphatic carbocycles. The number of carbonyl (C=O) groups excluding carboxylic acids is 1. The van der Waals surface area contributed by atoms with E-state index in [0.29, 0.717) is 45.4 Å². The van der Waals surface area contributed by atoms with Gasteiger partial charge < -0.3 is 10.4 Å². The second-order valence-electron chi connectivity index (χ2n) is 10.4. The summed E-state index contributed by atoms with van der Waals surface area (Å²) in [7, 11) is 0. The molecule has 1 amide bonds. The van der Waals surface area contributed by atoms with Crippen LogP contribution < -0.4 is 5.32 Å². The van der Waals surface area contributed by atoms with Gasteiger partial charge in [-0.05, 0) is 66.9 Å². The second-order valence-corrected chi connectivity index (χ2v) is 11.3. The quantitative estimate of drug-likeness (QED) is 0.183. The van der Waals surface area contributed by atoms with E-state index in [1.165, 1.54) is 18.2 Å². The maximum atomic E-state index is 13.9. The zero-order valence-corrected chi connectivity index (χ0v) is 24.7. The number of halogens is 3. The number of rotatable bonds is 10. The molecule has 1 saturated heterocycles. The standard InChI is InChI=1S/C34H30Cl2FN3O3/c35-24-15-16-29(39-33(41)31-14-7-17-40(31)21-22-8-2-1-3-9-22)27(20-24)32(26-12-4-5-13-28(26)36)38-30(34(42)43)19-23-10-6-11-25(37)18-23/h1-6,8-13,15-16,18,20,30-31H,7,14,17,19,21H2,(H,39,41)(H,42,43)/t30-,31-/m0/s1. The molecule has 1 aliphatic rings. The minimum atomic E-state index is -1.27. The minimum absolute atomic E-state index is 0.0557. The molecule has 1 aliphatic heterocycles. The van der Waals surface area contributed by atoms with Gasteiger partial charge in [-0.3, -0.25) is 14.7 Å². The Bertz CT molecular complexity index is 1650. The fourth-order valence-electron chi connectivity index (χ4n) is 5.34. The van der Waals surface area contributed by atoms with Crippen LogP contribution in [0.2, 0.25) is 10.0 Å². The molecule has 43 heavy (non-hydrogen) atoms. The first-order valence-electron chi connectivity index (χ1n) is 14.0. The van der Waals surface area contributed by atoms with Gasteiger partial charge in [-0.25, -0.2) is 9.18 Å². The first kappa shape index (κ1) is 30.4. The van der Waals surface area contributed by atoms with Gasteiger partial charge in [-0.2, -0.15) is 0 Å². The SMILES string of the molecule is O=C(O)[C@H](Cc1cccc(F)c1)N=C(c1ccccc1Cl)c1cc(Cl)ccc1NC(=O)[C@@H]1CCCN1Cc1ccccc1. The smallest absolute Gasteiger partial charge is 0.328 e. The van der Waals surface area contributed by atoms with Gasteiger partial charge >= 0.3 is 5.97 Å². The summed E-state index contributed by atoms with van der Waals surface area (Å²) in [6, 6.07) is 26.1. The van der Waals surface area contributed by atoms with Gasteiger partial charge in [0.1, 0.15) is 5.82 Å². The van der Waals surface area contributed by atoms with Crippen molar-refractivity contribution in [3.05, 3.63) is 135 Å². The van der Waals surface area contributed by atoms with Crippen LogP contribution in [-0.4, -0.2) is 46.2 Å². The van der Waals surface area contributed by atoms with Crippen molar-refractivity contribution in [1.82, 2.24) is 4.90 Å². The largest absolute Gasteiger partial charge is 0.480 e. The Hall–Kier alpha value is -4.04. The number of carboxylic acids is 1. The number of likely N-dealkylation sites (tertiary alicyclic amines) is 1. The molecule has 4 aromatic rings. The molecule has 5 rings (SSSR count). The van der Waals surface area contributed by atoms with Gasteiger partial charge in [0, 0.05) is 34.1 Å². The number of hydrogen-bond donors (Lipinski definition) is 2. The van der Waals surface area contributed by atoms with Crippen LogP contribution in [0.15, 0.2) is 102 Å². The van der Waals surface area contributed by atoms with Crippen molar-refractivity contribution in [1.29, 1.82) is 0 Å². The first-order valence-corrected chi connectivity index (χ1v) is 14.7. The summed E-state index contributed by atoms with van der Waals surface area (Å²) in [4.78, 5) is 33.0. The monoisotopic (exact) mass is 617 g/mol. The average Bonchev–Trinajstić information content (AvgIpc) is 3.45. The van der Waals surface area contributed by atoms with Crippen LogP contribution in [0, 0.1) is 5.82 Å². The third-order valence-electron chi connectivity index (χ3n) is 7.41. The molecule has 1 heterocycles. The third kappa shape index (κ3) is 7.68. The summed E-state index contributed by atoms with van der Waals surface area (Å²) < 4.78 is 13.9. The van der Waals surface area contributed by atoms with Crippen molar-refractivity contribution < 1.29 is 19.1 Å². The number of aliphatic carboxylic acids is 1. The van der Waals surface area contributed by atoms with Crippen molar-refractivity contribution in [2.75, 3.05) is 11.9 Å². The number of anilines is 1. The van der Waals surface area contributed by atoms with Crippen LogP contribution in [0.1, 0.15) is 35.1 Å². The topological polar surface area (TPSA) is 82.0 Å². The summed E-state index contributed by atoms with van der Waals surface area (Å²) in [5, 5.41) is 13.9. The molecule has 2 N–H and O–H groups in total. The molecule has 9 heteroatoms. The van der Waals surface area contributed by atoms with E-state index < -0.39 is 17.8 Å². The van der Waals surface area contributed by atoms with Crippen molar-refractivity contribution in [2.45, 2.75) is 37.9 Å². The summed E-state index contributed by atoms with van der Waals surface area (Å²) in [6.07, 6.45) is 1.55. The molecule has 2 atom stereocenters. The molecular weight excluding hydrogens is 588 g/mol. The fourth-order valence-corrected chi connectivity index (χ4v) is 5.73. The normalized spacial score (nSPS) is 16.2. The van der Waals surface area contributed by atoms with Crippen LogP contribution >= 0.6 is 23.2 Å². The molecule has 220 valence electrons. The summed E-state index contributed by atoms with van der Waals surface area (Å²) >= 11 is 13.1. The van der Waals surface area contributed by atoms with Gasteiger partial charge in [0.15, 0.2) is 6.04 Å². The molecule has 1 fully saturated rings. The number of hydrogen-bond acceptors (Lipinski definition) is 4. The van der Waals surface area contributed by atoms with Crippen LogP contribution in [0.4, 0.5) is 10.1 Å². The van der Waals surface area contributed by atoms with Crippen molar-refractivity contribution >= 4 is 46.5 Å². The first-order chi connectivity index (χ1) is 20.8. The van der Waals surface area contributed by atoms with Gasteiger partial charge in [0.25, 0.3) is 0 Å². The Morgan fingerprint density at radius 3 is 2.42 bits per heavy atom. The molecule has 0 bridgehead atoms. The highest BCUT2D eigenvalue weighted by atomic mass is 35.5. The molecule has 0 radical (unpaired) electrons. The van der Waals surface area contributed by atoms with E-state index in [4.69, 9.17) is 23.2 Å². The highest BCUT2D eigenvalue weighted by Crippen LogP contribution is 2.30. The van der Waals surface area contributed by atoms with E-state index >= 15 is 0 Å². The van der Waals surface area contributed by atoms with Crippen molar-refractivity contribution in [3.8, 4) is 0 Å². The van der Waals surface area contributed by atoms with Gasteiger partial charge in [0.05, 0.1) is 17.4 Å². The molecule has 0 saturated carbocycles. The molecule has 0 spiro atoms. The predicted molar refractivity (Wildman–Crippen MR) is 169 cm³/mol. The molecule has 0 aromatic heterocycles. The number of benzene rings is 4. The maximum absolute atomic E-state index is 13.9. The Morgan fingerprint density at radius 1 is 0.930 bits per heavy atom. The highest BCUT2D eigenvalue weighted by molar-refractivity contribution is 6.36. The Kier molecular flexibility index (Phi) is 9.87. The Labute approximate surface area is 259 Å². The van der Waals surface area contributed by atoms with Gasteiger partial charge in [-0.15, -0.1) is 0 Å². The van der Waals surface area contributed by atoms with E-state index in [1.807, 2.05) is 30.3 Å². The number of carboxylic acid groups (broad SMARTS) is 1. The van der Waals surface area contributed by atoms with Crippen LogP contribution in [-0.2, 0) is 22.6 Å². The van der Waals surface area contributed by atoms with E-state index in [0.717, 1.165) is 18.5 Å². The predicted octanol–water partition coefficient (Wildman–Crippen LogP) is 7.27. The number of nitrogens with zero attached hydrogens (tertiary/aromatic N) is 2. The zero-order valence-electron chi connectivity index (χ0n) is 23.2. The fraction of sp³-hybridized carbons (Fsp3) is 0.206. The number of carbonyl (C=O) groups is 2. The van der Waals surface area contributed by atoms with E-state index in [2.05, 4.69) is 15.2 Å². The zero-order chi connectivity index (χ0) is 30.3. The van der Waals surface area contributed by atoms with Crippen LogP contribution in [0.25, 0.3) is 0 Å². The Balaban J connectivity index is 1.52. The molecular formula is C34H30Cl2FN3O3. The maximum Gasteiger partial charge on any atom is 0.328 e. The molecule has 4 aromatic carbocycles. The lowest BCUT2D eigenvalue weighted by atomic mass is 9.98. The molecule has 6 nitrogen and oxygen atoms in total. The van der Waals surface area contributed by atoms with Crippen LogP contribution in [0.3, 0.4) is 0 Å². The summed E-state index contributed by atoms with van der Waals surface area (Å²) in [6.45, 7) is 1.45. The van der Waals surface area contributed by atoms with Gasteiger partial charge in [0.2, 0.25) is 5.91 Å². The third-order valence-corrected chi connectivity index (χ3v) is 7.97. The number of amides is 1. The lowest BCUT2D eigenvalue weighted by Crippen LogP contribution is -2.39. The Morgan fingerprint density at radius 2 is 1.67 bits per heavy atom. The highest BCUT2D eigenvalue weighted by Gasteiger charge is 2.31. The van der Waals surface area contributed by atoms with Crippen molar-refractivity contribution in [2.24, 2.45) is 4.99 Å². The van der Waals surface area contributed by atoms with E-state index in [-0.39, 0.29) is 24.1 Å². The number of aliphatic imine (C=N–C) groups is 1. The summed E-state index contributed by atoms with van der Waals surface area (Å²) in [5.41, 5.74) is 3.18. The second kappa shape index (κ2) is 14.0. The molecule has 0 unspecified atom stereocenters. The van der Waals surface area contributed by atoms with Gasteiger partial charge in [-0.1, -0.05) is 83.9 Å². The van der Waals surface area contributed by atoms with Crippen LogP contribution in [0.5, 0.6) is 0 Å². The lowest BCUT2D eigenvalue weighted by molar-refractivity contribution is -0.138. The van der Waals surface area contributed by atoms with E-state index in [9.17, 15) is 19.1 Å². The van der Waals surface area contributed by atoms with E-state index in [1.54, 1.807) is 48.5 Å².